The molecule has 1 heterocycles. The van der Waals surface area contributed by atoms with Crippen LogP contribution in [0.4, 0.5) is 0 Å². The Bertz CT molecular complexity index is 1600. The number of carboxylic acid groups (broad SMARTS) is 1. The largest absolute Gasteiger partial charge is 0.478 e. The van der Waals surface area contributed by atoms with E-state index in [9.17, 15) is 31.5 Å². The van der Waals surface area contributed by atoms with Crippen LogP contribution < -0.4 is 5.43 Å². The molecule has 0 saturated heterocycles. The summed E-state index contributed by atoms with van der Waals surface area (Å²) >= 11 is 0. The molecule has 38 heavy (non-hydrogen) atoms. The van der Waals surface area contributed by atoms with E-state index in [0.29, 0.717) is 25.7 Å². The molecular weight excluding hydrogens is 532 g/mol. The molecule has 12 heteroatoms. The third kappa shape index (κ3) is 5.63. The molecule has 0 saturated carbocycles. The van der Waals surface area contributed by atoms with Crippen molar-refractivity contribution in [2.75, 3.05) is 26.2 Å². The zero-order chi connectivity index (χ0) is 28.3. The van der Waals surface area contributed by atoms with Gasteiger partial charge in [0.05, 0.1) is 21.2 Å². The van der Waals surface area contributed by atoms with E-state index in [4.69, 9.17) is 4.42 Å². The van der Waals surface area contributed by atoms with Gasteiger partial charge in [-0.25, -0.2) is 21.6 Å². The summed E-state index contributed by atoms with van der Waals surface area (Å²) in [7, 11) is -8.43. The number of hydrogen-bond acceptors (Lipinski definition) is 7. The van der Waals surface area contributed by atoms with Crippen molar-refractivity contribution in [3.05, 3.63) is 46.1 Å². The topological polar surface area (TPSA) is 142 Å². The van der Waals surface area contributed by atoms with E-state index >= 15 is 0 Å². The Balaban J connectivity index is 2.48. The zero-order valence-electron chi connectivity index (χ0n) is 22.1. The summed E-state index contributed by atoms with van der Waals surface area (Å²) < 4.78 is 63.6. The molecule has 3 rings (SSSR count). The summed E-state index contributed by atoms with van der Waals surface area (Å²) in [5.41, 5.74) is -1.14. The summed E-state index contributed by atoms with van der Waals surface area (Å²) in [6, 6.07) is 5.88. The molecule has 0 amide bonds. The summed E-state index contributed by atoms with van der Waals surface area (Å²) in [6.45, 7) is 8.19. The lowest BCUT2D eigenvalue weighted by Crippen LogP contribution is -2.34. The molecule has 208 valence electrons. The van der Waals surface area contributed by atoms with Crippen molar-refractivity contribution >= 4 is 48.0 Å². The van der Waals surface area contributed by atoms with Gasteiger partial charge in [0, 0.05) is 26.2 Å². The molecule has 0 aliphatic rings. The number of carbonyl (C=O) groups is 1. The maximum atomic E-state index is 13.9. The number of aromatic carboxylic acids is 1. The van der Waals surface area contributed by atoms with Crippen LogP contribution in [-0.2, 0) is 20.0 Å². The van der Waals surface area contributed by atoms with Gasteiger partial charge in [0.2, 0.25) is 25.5 Å². The summed E-state index contributed by atoms with van der Waals surface area (Å²) in [4.78, 5) is 24.3. The Hall–Kier alpha value is -2.80. The van der Waals surface area contributed by atoms with Crippen LogP contribution in [0, 0.1) is 0 Å². The van der Waals surface area contributed by atoms with E-state index in [1.807, 2.05) is 27.7 Å². The van der Waals surface area contributed by atoms with Gasteiger partial charge in [0.15, 0.2) is 5.58 Å². The van der Waals surface area contributed by atoms with Crippen LogP contribution in [-0.4, -0.2) is 62.7 Å². The number of fused-ring (bicyclic) bond motifs is 2. The summed E-state index contributed by atoms with van der Waals surface area (Å²) in [5.74, 6) is -1.25. The Morgan fingerprint density at radius 1 is 0.789 bits per heavy atom. The molecule has 1 aromatic heterocycles. The third-order valence-corrected chi connectivity index (χ3v) is 9.88. The highest BCUT2D eigenvalue weighted by Crippen LogP contribution is 2.32. The van der Waals surface area contributed by atoms with Crippen LogP contribution >= 0.6 is 0 Å². The first-order chi connectivity index (χ1) is 17.9. The first kappa shape index (κ1) is 29.8. The molecule has 0 fully saturated rings. The minimum absolute atomic E-state index is 0.00400. The number of sulfonamides is 2. The van der Waals surface area contributed by atoms with Crippen LogP contribution in [0.5, 0.6) is 0 Å². The van der Waals surface area contributed by atoms with Crippen LogP contribution in [0.1, 0.15) is 63.7 Å². The van der Waals surface area contributed by atoms with E-state index in [1.165, 1.54) is 20.7 Å². The fraction of sp³-hybridized carbons (Fsp3) is 0.462. The average molecular weight is 567 g/mol. The second-order valence-corrected chi connectivity index (χ2v) is 12.9. The fourth-order valence-corrected chi connectivity index (χ4v) is 7.90. The monoisotopic (exact) mass is 566 g/mol. The van der Waals surface area contributed by atoms with Gasteiger partial charge in [-0.15, -0.1) is 0 Å². The van der Waals surface area contributed by atoms with Gasteiger partial charge in [-0.3, -0.25) is 4.79 Å². The molecule has 0 aliphatic heterocycles. The normalized spacial score (nSPS) is 12.7. The average Bonchev–Trinajstić information content (AvgIpc) is 2.87. The molecule has 0 aliphatic carbocycles. The van der Waals surface area contributed by atoms with Gasteiger partial charge >= 0.3 is 5.97 Å². The lowest BCUT2D eigenvalue weighted by molar-refractivity contribution is 0.0697. The smallest absolute Gasteiger partial charge is 0.335 e. The molecule has 0 unspecified atom stereocenters. The highest BCUT2D eigenvalue weighted by molar-refractivity contribution is 7.90. The van der Waals surface area contributed by atoms with E-state index in [2.05, 4.69) is 0 Å². The minimum atomic E-state index is -4.27. The van der Waals surface area contributed by atoms with E-state index in [-0.39, 0.29) is 58.6 Å². The van der Waals surface area contributed by atoms with E-state index in [1.54, 1.807) is 0 Å². The van der Waals surface area contributed by atoms with Crippen LogP contribution in [0.25, 0.3) is 21.9 Å². The number of rotatable bonds is 13. The minimum Gasteiger partial charge on any atom is -0.478 e. The van der Waals surface area contributed by atoms with Gasteiger partial charge < -0.3 is 9.52 Å². The summed E-state index contributed by atoms with van der Waals surface area (Å²) in [6.07, 6.45) is 2.15. The maximum Gasteiger partial charge on any atom is 0.335 e. The van der Waals surface area contributed by atoms with E-state index < -0.39 is 36.3 Å². The highest BCUT2D eigenvalue weighted by atomic mass is 32.2. The molecule has 10 nitrogen and oxygen atoms in total. The van der Waals surface area contributed by atoms with Crippen molar-refractivity contribution in [2.45, 2.75) is 63.2 Å². The Morgan fingerprint density at radius 2 is 1.32 bits per heavy atom. The number of hydrogen-bond donors (Lipinski definition) is 1. The molecule has 0 spiro atoms. The Morgan fingerprint density at radius 3 is 1.82 bits per heavy atom. The van der Waals surface area contributed by atoms with Crippen molar-refractivity contribution in [2.24, 2.45) is 0 Å². The molecule has 0 bridgehead atoms. The number of nitrogens with zero attached hydrogens (tertiary/aromatic N) is 2. The predicted octanol–water partition coefficient (Wildman–Crippen LogP) is 4.27. The molecule has 1 N–H and O–H groups in total. The lowest BCUT2D eigenvalue weighted by atomic mass is 10.1. The maximum absolute atomic E-state index is 13.9. The Kier molecular flexibility index (Phi) is 9.34. The summed E-state index contributed by atoms with van der Waals surface area (Å²) in [5, 5.41) is 9.03. The molecule has 0 radical (unpaired) electrons. The lowest BCUT2D eigenvalue weighted by Gasteiger charge is -2.24. The van der Waals surface area contributed by atoms with E-state index in [0.717, 1.165) is 18.2 Å². The molecular formula is C26H34N2O8S2. The quantitative estimate of drug-likeness (QED) is 0.302. The highest BCUT2D eigenvalue weighted by Gasteiger charge is 2.32. The first-order valence-corrected chi connectivity index (χ1v) is 15.6. The van der Waals surface area contributed by atoms with Crippen LogP contribution in [0.2, 0.25) is 0 Å². The van der Waals surface area contributed by atoms with Crippen molar-refractivity contribution in [1.29, 1.82) is 0 Å². The standard InChI is InChI=1S/C26H34N2O8S2/c1-5-11-27(12-6-2)37(32,33)19-16-21-24(29)20-15-18(26(30)31)9-10-22(20)36-25(21)23(17-19)38(34,35)28(13-7-3)14-8-4/h9-10,15-17H,5-8,11-14H2,1-4H3,(H,30,31). The van der Waals surface area contributed by atoms with Gasteiger partial charge in [0.1, 0.15) is 10.5 Å². The zero-order valence-corrected chi connectivity index (χ0v) is 23.7. The van der Waals surface area contributed by atoms with Gasteiger partial charge in [-0.1, -0.05) is 27.7 Å². The molecule has 3 aromatic rings. The first-order valence-electron chi connectivity index (χ1n) is 12.7. The Labute approximate surface area is 223 Å². The van der Waals surface area contributed by atoms with Gasteiger partial charge in [-0.2, -0.15) is 8.61 Å². The van der Waals surface area contributed by atoms with Crippen molar-refractivity contribution in [1.82, 2.24) is 8.61 Å². The second-order valence-electron chi connectivity index (χ2n) is 9.05. The number of benzene rings is 2. The van der Waals surface area contributed by atoms with Crippen molar-refractivity contribution in [3.8, 4) is 0 Å². The SMILES string of the molecule is CCCN(CCC)S(=O)(=O)c1cc(S(=O)(=O)N(CCC)CCC)c2oc3ccc(C(=O)O)cc3c(=O)c2c1. The number of carboxylic acids is 1. The molecule has 2 aromatic carbocycles. The van der Waals surface area contributed by atoms with Crippen molar-refractivity contribution < 1.29 is 31.2 Å². The molecule has 0 atom stereocenters. The van der Waals surface area contributed by atoms with Crippen LogP contribution in [0.3, 0.4) is 0 Å². The van der Waals surface area contributed by atoms with Crippen molar-refractivity contribution in [3.63, 3.8) is 0 Å². The van der Waals surface area contributed by atoms with Crippen LogP contribution in [0.15, 0.2) is 49.3 Å². The van der Waals surface area contributed by atoms with Gasteiger partial charge in [-0.05, 0) is 56.0 Å². The second kappa shape index (κ2) is 11.9. The van der Waals surface area contributed by atoms with Gasteiger partial charge in [0.25, 0.3) is 0 Å². The predicted molar refractivity (Wildman–Crippen MR) is 146 cm³/mol. The third-order valence-electron chi connectivity index (χ3n) is 6.10. The fourth-order valence-electron chi connectivity index (χ4n) is 4.37.